The van der Waals surface area contributed by atoms with Gasteiger partial charge in [-0.1, -0.05) is 12.1 Å². The predicted molar refractivity (Wildman–Crippen MR) is 67.9 cm³/mol. The van der Waals surface area contributed by atoms with E-state index in [4.69, 9.17) is 10.5 Å². The van der Waals surface area contributed by atoms with Crippen molar-refractivity contribution in [3.8, 4) is 5.75 Å². The van der Waals surface area contributed by atoms with Gasteiger partial charge in [0.1, 0.15) is 12.4 Å². The lowest BCUT2D eigenvalue weighted by Crippen LogP contribution is -2.44. The summed E-state index contributed by atoms with van der Waals surface area (Å²) in [5, 5.41) is 2.78. The number of hydrogen-bond donors (Lipinski definition) is 2. The number of benzene rings is 1. The summed E-state index contributed by atoms with van der Waals surface area (Å²) in [5.41, 5.74) is 6.61. The minimum Gasteiger partial charge on any atom is -0.491 e. The van der Waals surface area contributed by atoms with Crippen molar-refractivity contribution in [1.29, 1.82) is 0 Å². The number of amides is 1. The molecule has 1 aromatic rings. The van der Waals surface area contributed by atoms with Crippen LogP contribution in [-0.2, 0) is 4.79 Å². The van der Waals surface area contributed by atoms with E-state index in [1.165, 1.54) is 0 Å². The summed E-state index contributed by atoms with van der Waals surface area (Å²) < 4.78 is 5.57. The van der Waals surface area contributed by atoms with Crippen LogP contribution < -0.4 is 15.8 Å². The Morgan fingerprint density at radius 3 is 2.76 bits per heavy atom. The van der Waals surface area contributed by atoms with Gasteiger partial charge in [0.15, 0.2) is 0 Å². The lowest BCUT2D eigenvalue weighted by molar-refractivity contribution is -0.122. The Bertz CT molecular complexity index is 377. The summed E-state index contributed by atoms with van der Waals surface area (Å²) in [6.07, 6.45) is 0. The Hall–Kier alpha value is -1.55. The van der Waals surface area contributed by atoms with Gasteiger partial charge in [-0.25, -0.2) is 0 Å². The highest BCUT2D eigenvalue weighted by Gasteiger charge is 2.11. The van der Waals surface area contributed by atoms with E-state index in [-0.39, 0.29) is 11.9 Å². The SMILES string of the molecule is Cc1cccc(OCC(C)NC(=O)[C@H](C)N)c1. The molecule has 0 saturated heterocycles. The van der Waals surface area contributed by atoms with Crippen LogP contribution in [0.25, 0.3) is 0 Å². The summed E-state index contributed by atoms with van der Waals surface area (Å²) in [4.78, 5) is 11.3. The second-order valence-electron chi connectivity index (χ2n) is 4.33. The first-order valence-corrected chi connectivity index (χ1v) is 5.74. The second-order valence-corrected chi connectivity index (χ2v) is 4.33. The molecule has 0 aromatic heterocycles. The van der Waals surface area contributed by atoms with Gasteiger partial charge in [-0.3, -0.25) is 4.79 Å². The average molecular weight is 236 g/mol. The van der Waals surface area contributed by atoms with E-state index in [1.807, 2.05) is 38.1 Å². The highest BCUT2D eigenvalue weighted by molar-refractivity contribution is 5.81. The molecule has 94 valence electrons. The van der Waals surface area contributed by atoms with Crippen LogP contribution in [0.2, 0.25) is 0 Å². The third kappa shape index (κ3) is 4.87. The maximum Gasteiger partial charge on any atom is 0.236 e. The van der Waals surface area contributed by atoms with Gasteiger partial charge in [0.2, 0.25) is 5.91 Å². The maximum atomic E-state index is 11.3. The average Bonchev–Trinajstić information content (AvgIpc) is 2.26. The van der Waals surface area contributed by atoms with Crippen LogP contribution in [0.4, 0.5) is 0 Å². The molecule has 0 heterocycles. The first-order chi connectivity index (χ1) is 7.99. The summed E-state index contributed by atoms with van der Waals surface area (Å²) in [7, 11) is 0. The fourth-order valence-electron chi connectivity index (χ4n) is 1.34. The Kier molecular flexibility index (Phi) is 4.97. The number of ether oxygens (including phenoxy) is 1. The van der Waals surface area contributed by atoms with E-state index < -0.39 is 6.04 Å². The van der Waals surface area contributed by atoms with Crippen LogP contribution in [0.1, 0.15) is 19.4 Å². The van der Waals surface area contributed by atoms with Crippen molar-refractivity contribution in [3.63, 3.8) is 0 Å². The lowest BCUT2D eigenvalue weighted by atomic mass is 10.2. The lowest BCUT2D eigenvalue weighted by Gasteiger charge is -2.16. The van der Waals surface area contributed by atoms with E-state index in [9.17, 15) is 4.79 Å². The minimum absolute atomic E-state index is 0.0611. The molecule has 0 bridgehead atoms. The molecule has 0 aliphatic heterocycles. The molecule has 0 fully saturated rings. The standard InChI is InChI=1S/C13H20N2O2/c1-9-5-4-6-12(7-9)17-8-10(2)15-13(16)11(3)14/h4-7,10-11H,8,14H2,1-3H3,(H,15,16)/t10?,11-/m0/s1. The van der Waals surface area contributed by atoms with Gasteiger partial charge in [0, 0.05) is 0 Å². The molecule has 0 aliphatic carbocycles. The third-order valence-electron chi connectivity index (χ3n) is 2.29. The highest BCUT2D eigenvalue weighted by atomic mass is 16.5. The Labute approximate surface area is 102 Å². The van der Waals surface area contributed by atoms with Crippen molar-refractivity contribution in [1.82, 2.24) is 5.32 Å². The van der Waals surface area contributed by atoms with Crippen molar-refractivity contribution in [3.05, 3.63) is 29.8 Å². The monoisotopic (exact) mass is 236 g/mol. The van der Waals surface area contributed by atoms with E-state index in [0.29, 0.717) is 6.61 Å². The van der Waals surface area contributed by atoms with Crippen LogP contribution in [0.15, 0.2) is 24.3 Å². The molecule has 0 saturated carbocycles. The molecule has 4 heteroatoms. The molecule has 0 radical (unpaired) electrons. The molecular weight excluding hydrogens is 216 g/mol. The molecule has 3 N–H and O–H groups in total. The minimum atomic E-state index is -0.489. The summed E-state index contributed by atoms with van der Waals surface area (Å²) in [6, 6.07) is 7.25. The summed E-state index contributed by atoms with van der Waals surface area (Å²) in [6.45, 7) is 5.98. The quantitative estimate of drug-likeness (QED) is 0.808. The number of rotatable bonds is 5. The number of nitrogens with two attached hydrogens (primary N) is 1. The number of hydrogen-bond acceptors (Lipinski definition) is 3. The van der Waals surface area contributed by atoms with Gasteiger partial charge >= 0.3 is 0 Å². The van der Waals surface area contributed by atoms with Crippen LogP contribution in [-0.4, -0.2) is 24.6 Å². The molecule has 2 atom stereocenters. The van der Waals surface area contributed by atoms with Crippen LogP contribution in [0.5, 0.6) is 5.75 Å². The van der Waals surface area contributed by atoms with E-state index in [1.54, 1.807) is 6.92 Å². The number of carbonyl (C=O) groups is 1. The molecule has 0 aliphatic rings. The maximum absolute atomic E-state index is 11.3. The zero-order chi connectivity index (χ0) is 12.8. The van der Waals surface area contributed by atoms with Crippen LogP contribution in [0, 0.1) is 6.92 Å². The van der Waals surface area contributed by atoms with Gasteiger partial charge in [-0.15, -0.1) is 0 Å². The van der Waals surface area contributed by atoms with Gasteiger partial charge in [-0.2, -0.15) is 0 Å². The normalized spacial score (nSPS) is 13.9. The first kappa shape index (κ1) is 13.5. The highest BCUT2D eigenvalue weighted by Crippen LogP contribution is 2.12. The van der Waals surface area contributed by atoms with Crippen LogP contribution >= 0.6 is 0 Å². The van der Waals surface area contributed by atoms with E-state index in [0.717, 1.165) is 11.3 Å². The fraction of sp³-hybridized carbons (Fsp3) is 0.462. The zero-order valence-corrected chi connectivity index (χ0v) is 10.6. The Morgan fingerprint density at radius 2 is 2.18 bits per heavy atom. The molecule has 0 spiro atoms. The molecule has 4 nitrogen and oxygen atoms in total. The molecule has 17 heavy (non-hydrogen) atoms. The predicted octanol–water partition coefficient (Wildman–Crippen LogP) is 1.23. The van der Waals surface area contributed by atoms with Gasteiger partial charge in [0.05, 0.1) is 12.1 Å². The second kappa shape index (κ2) is 6.25. The molecule has 1 aromatic carbocycles. The molecule has 1 amide bonds. The molecular formula is C13H20N2O2. The number of aryl methyl sites for hydroxylation is 1. The van der Waals surface area contributed by atoms with Crippen molar-refractivity contribution < 1.29 is 9.53 Å². The third-order valence-corrected chi connectivity index (χ3v) is 2.29. The van der Waals surface area contributed by atoms with Crippen LogP contribution in [0.3, 0.4) is 0 Å². The fourth-order valence-corrected chi connectivity index (χ4v) is 1.34. The Morgan fingerprint density at radius 1 is 1.47 bits per heavy atom. The van der Waals surface area contributed by atoms with Crippen molar-refractivity contribution in [2.45, 2.75) is 32.9 Å². The smallest absolute Gasteiger partial charge is 0.236 e. The molecule has 1 rings (SSSR count). The van der Waals surface area contributed by atoms with Gasteiger partial charge in [0.25, 0.3) is 0 Å². The summed E-state index contributed by atoms with van der Waals surface area (Å²) >= 11 is 0. The zero-order valence-electron chi connectivity index (χ0n) is 10.6. The largest absolute Gasteiger partial charge is 0.491 e. The van der Waals surface area contributed by atoms with E-state index >= 15 is 0 Å². The topological polar surface area (TPSA) is 64.3 Å². The van der Waals surface area contributed by atoms with Gasteiger partial charge in [-0.05, 0) is 38.5 Å². The van der Waals surface area contributed by atoms with Gasteiger partial charge < -0.3 is 15.8 Å². The number of carbonyl (C=O) groups excluding carboxylic acids is 1. The Balaban J connectivity index is 2.38. The van der Waals surface area contributed by atoms with Crippen molar-refractivity contribution in [2.75, 3.05) is 6.61 Å². The number of nitrogens with one attached hydrogen (secondary N) is 1. The molecule has 1 unspecified atom stereocenters. The van der Waals surface area contributed by atoms with Crippen molar-refractivity contribution in [2.24, 2.45) is 5.73 Å². The summed E-state index contributed by atoms with van der Waals surface area (Å²) in [5.74, 6) is 0.650. The first-order valence-electron chi connectivity index (χ1n) is 5.74. The van der Waals surface area contributed by atoms with E-state index in [2.05, 4.69) is 5.32 Å². The van der Waals surface area contributed by atoms with Crippen molar-refractivity contribution >= 4 is 5.91 Å².